The third-order valence-electron chi connectivity index (χ3n) is 7.96. The Balaban J connectivity index is 1.24. The summed E-state index contributed by atoms with van der Waals surface area (Å²) in [4.78, 5) is 23.4. The summed E-state index contributed by atoms with van der Waals surface area (Å²) in [6.45, 7) is 2.59. The molecule has 0 bridgehead atoms. The van der Waals surface area contributed by atoms with Gasteiger partial charge in [-0.2, -0.15) is 0 Å². The van der Waals surface area contributed by atoms with Gasteiger partial charge in [-0.15, -0.1) is 5.10 Å². The van der Waals surface area contributed by atoms with E-state index in [1.54, 1.807) is 16.4 Å². The first-order valence-corrected chi connectivity index (χ1v) is 16.9. The first-order valence-electron chi connectivity index (χ1n) is 15.9. The average Bonchev–Trinajstić information content (AvgIpc) is 3.52. The highest BCUT2D eigenvalue weighted by molar-refractivity contribution is 7.99. The standard InChI is InChI=1S/C35H42N6O5S/c1-24(43)36-17-5-3-4-12-33(44)37-21-26-8-6-9-28(18-26)29-10-7-11-30(19-29)34-45-31(23-47-35-38-39-40-41(35)2)20-32(46-34)27-15-13-25(22-42)14-16-27/h6-11,13-16,18-19,31-32,34,42H,3-5,12,17,20-23H2,1-2H3,(H,36,43)(H,37,44)/t31-,32+,34+/m0/s1. The van der Waals surface area contributed by atoms with Gasteiger partial charge in [0.05, 0.1) is 18.8 Å². The van der Waals surface area contributed by atoms with E-state index >= 15 is 0 Å². The number of nitrogens with one attached hydrogen (secondary N) is 2. The topological polar surface area (TPSA) is 140 Å². The van der Waals surface area contributed by atoms with Gasteiger partial charge in [0.25, 0.3) is 0 Å². The van der Waals surface area contributed by atoms with Crippen LogP contribution in [0.2, 0.25) is 0 Å². The molecule has 3 atom stereocenters. The minimum absolute atomic E-state index is 0.00890. The van der Waals surface area contributed by atoms with E-state index in [0.717, 1.165) is 57.8 Å². The number of benzene rings is 3. The van der Waals surface area contributed by atoms with Gasteiger partial charge in [-0.1, -0.05) is 78.8 Å². The van der Waals surface area contributed by atoms with Crippen LogP contribution in [-0.4, -0.2) is 55.5 Å². The maximum absolute atomic E-state index is 12.4. The van der Waals surface area contributed by atoms with Crippen LogP contribution >= 0.6 is 11.8 Å². The zero-order chi connectivity index (χ0) is 33.0. The highest BCUT2D eigenvalue weighted by Crippen LogP contribution is 2.40. The molecule has 0 radical (unpaired) electrons. The number of tetrazole rings is 1. The molecule has 0 unspecified atom stereocenters. The monoisotopic (exact) mass is 658 g/mol. The van der Waals surface area contributed by atoms with E-state index in [0.29, 0.717) is 31.7 Å². The van der Waals surface area contributed by atoms with Gasteiger partial charge in [0.1, 0.15) is 0 Å². The molecule has 248 valence electrons. The fraction of sp³-hybridized carbons (Fsp3) is 0.400. The fourth-order valence-corrected chi connectivity index (χ4v) is 6.27. The average molecular weight is 659 g/mol. The van der Waals surface area contributed by atoms with Crippen LogP contribution in [0.3, 0.4) is 0 Å². The summed E-state index contributed by atoms with van der Waals surface area (Å²) in [5.74, 6) is 0.649. The Morgan fingerprint density at radius 2 is 1.72 bits per heavy atom. The van der Waals surface area contributed by atoms with E-state index < -0.39 is 6.29 Å². The second-order valence-electron chi connectivity index (χ2n) is 11.6. The van der Waals surface area contributed by atoms with Crippen molar-refractivity contribution in [1.82, 2.24) is 30.8 Å². The van der Waals surface area contributed by atoms with Crippen molar-refractivity contribution in [3.8, 4) is 11.1 Å². The Kier molecular flexibility index (Phi) is 12.5. The van der Waals surface area contributed by atoms with Crippen LogP contribution in [0.1, 0.15) is 73.7 Å². The van der Waals surface area contributed by atoms with Crippen molar-refractivity contribution in [1.29, 1.82) is 0 Å². The van der Waals surface area contributed by atoms with Gasteiger partial charge >= 0.3 is 0 Å². The third-order valence-corrected chi connectivity index (χ3v) is 9.10. The maximum Gasteiger partial charge on any atom is 0.220 e. The Morgan fingerprint density at radius 3 is 2.47 bits per heavy atom. The molecule has 1 aromatic heterocycles. The Morgan fingerprint density at radius 1 is 0.936 bits per heavy atom. The molecule has 4 aromatic rings. The number of unbranched alkanes of at least 4 members (excludes halogenated alkanes) is 2. The van der Waals surface area contributed by atoms with Crippen molar-refractivity contribution in [2.45, 2.75) is 75.8 Å². The SMILES string of the molecule is CC(=O)NCCCCCC(=O)NCc1cccc(-c2cccc([C@@H]3O[C@H](CSc4nnnn4C)C[C@H](c4ccc(CO)cc4)O3)c2)c1. The quantitative estimate of drug-likeness (QED) is 0.119. The minimum atomic E-state index is -0.588. The fourth-order valence-electron chi connectivity index (χ4n) is 5.40. The van der Waals surface area contributed by atoms with Crippen LogP contribution in [0.4, 0.5) is 0 Å². The van der Waals surface area contributed by atoms with Crippen molar-refractivity contribution in [3.05, 3.63) is 95.1 Å². The van der Waals surface area contributed by atoms with Crippen molar-refractivity contribution in [3.63, 3.8) is 0 Å². The first-order chi connectivity index (χ1) is 22.9. The van der Waals surface area contributed by atoms with Crippen LogP contribution in [0.5, 0.6) is 0 Å². The molecule has 3 N–H and O–H groups in total. The number of aromatic nitrogens is 4. The Bertz CT molecular complexity index is 1610. The lowest BCUT2D eigenvalue weighted by Crippen LogP contribution is -2.31. The second-order valence-corrected chi connectivity index (χ2v) is 12.6. The summed E-state index contributed by atoms with van der Waals surface area (Å²) >= 11 is 1.55. The van der Waals surface area contributed by atoms with E-state index in [9.17, 15) is 14.7 Å². The van der Waals surface area contributed by atoms with E-state index in [-0.39, 0.29) is 30.6 Å². The van der Waals surface area contributed by atoms with Gasteiger partial charge in [-0.3, -0.25) is 9.59 Å². The number of thioether (sulfide) groups is 1. The largest absolute Gasteiger partial charge is 0.392 e. The van der Waals surface area contributed by atoms with Gasteiger partial charge in [-0.05, 0) is 63.2 Å². The van der Waals surface area contributed by atoms with E-state index in [2.05, 4.69) is 50.4 Å². The first kappa shape index (κ1) is 34.2. The molecule has 1 saturated heterocycles. The summed E-state index contributed by atoms with van der Waals surface area (Å²) in [6, 6.07) is 24.2. The predicted octanol–water partition coefficient (Wildman–Crippen LogP) is 5.02. The normalized spacial score (nSPS) is 17.7. The number of aliphatic hydroxyl groups is 1. The van der Waals surface area contributed by atoms with Gasteiger partial charge < -0.3 is 25.2 Å². The highest BCUT2D eigenvalue weighted by atomic mass is 32.2. The van der Waals surface area contributed by atoms with Crippen molar-refractivity contribution in [2.24, 2.45) is 7.05 Å². The Labute approximate surface area is 279 Å². The van der Waals surface area contributed by atoms with Crippen LogP contribution in [0, 0.1) is 0 Å². The number of carbonyl (C=O) groups excluding carboxylic acids is 2. The molecule has 0 saturated carbocycles. The zero-order valence-corrected chi connectivity index (χ0v) is 27.6. The van der Waals surface area contributed by atoms with Crippen molar-refractivity contribution in [2.75, 3.05) is 12.3 Å². The third kappa shape index (κ3) is 10.2. The molecule has 5 rings (SSSR count). The number of rotatable bonds is 15. The number of aryl methyl sites for hydroxylation is 1. The van der Waals surface area contributed by atoms with Gasteiger partial charge in [-0.25, -0.2) is 4.68 Å². The summed E-state index contributed by atoms with van der Waals surface area (Å²) in [5.41, 5.74) is 5.86. The van der Waals surface area contributed by atoms with Crippen LogP contribution < -0.4 is 10.6 Å². The number of hydrogen-bond acceptors (Lipinski definition) is 9. The molecule has 1 aliphatic heterocycles. The molecule has 0 spiro atoms. The molecule has 11 nitrogen and oxygen atoms in total. The maximum atomic E-state index is 12.4. The second kappa shape index (κ2) is 17.2. The lowest BCUT2D eigenvalue weighted by atomic mass is 9.99. The molecule has 3 aromatic carbocycles. The molecule has 12 heteroatoms. The molecular weight excluding hydrogens is 616 g/mol. The number of aliphatic hydroxyl groups excluding tert-OH is 1. The minimum Gasteiger partial charge on any atom is -0.392 e. The predicted molar refractivity (Wildman–Crippen MR) is 179 cm³/mol. The summed E-state index contributed by atoms with van der Waals surface area (Å²) in [5, 5.41) is 27.8. The molecule has 1 fully saturated rings. The highest BCUT2D eigenvalue weighted by Gasteiger charge is 2.32. The molecule has 47 heavy (non-hydrogen) atoms. The number of amides is 2. The van der Waals surface area contributed by atoms with Crippen LogP contribution in [-0.2, 0) is 39.3 Å². The van der Waals surface area contributed by atoms with Crippen molar-refractivity contribution >= 4 is 23.6 Å². The summed E-state index contributed by atoms with van der Waals surface area (Å²) < 4.78 is 14.7. The van der Waals surface area contributed by atoms with Crippen LogP contribution in [0.15, 0.2) is 78.0 Å². The Hall–Kier alpha value is -4.10. The molecular formula is C35H42N6O5S. The molecule has 2 heterocycles. The van der Waals surface area contributed by atoms with E-state index in [4.69, 9.17) is 9.47 Å². The van der Waals surface area contributed by atoms with Crippen molar-refractivity contribution < 1.29 is 24.2 Å². The van der Waals surface area contributed by atoms with Gasteiger partial charge in [0, 0.05) is 51.2 Å². The molecule has 0 aliphatic carbocycles. The number of ether oxygens (including phenoxy) is 2. The van der Waals surface area contributed by atoms with Gasteiger partial charge in [0.15, 0.2) is 6.29 Å². The lowest BCUT2D eigenvalue weighted by molar-refractivity contribution is -0.245. The summed E-state index contributed by atoms with van der Waals surface area (Å²) in [6.07, 6.45) is 2.77. The lowest BCUT2D eigenvalue weighted by Gasteiger charge is -2.36. The number of carbonyl (C=O) groups is 2. The summed E-state index contributed by atoms with van der Waals surface area (Å²) in [7, 11) is 1.82. The van der Waals surface area contributed by atoms with E-state index in [1.165, 1.54) is 6.92 Å². The van der Waals surface area contributed by atoms with Crippen LogP contribution in [0.25, 0.3) is 11.1 Å². The zero-order valence-electron chi connectivity index (χ0n) is 26.8. The number of hydrogen-bond donors (Lipinski definition) is 3. The number of nitrogens with zero attached hydrogens (tertiary/aromatic N) is 4. The van der Waals surface area contributed by atoms with E-state index in [1.807, 2.05) is 55.6 Å². The molecule has 2 amide bonds. The molecule has 1 aliphatic rings. The smallest absolute Gasteiger partial charge is 0.220 e. The van der Waals surface area contributed by atoms with Gasteiger partial charge in [0.2, 0.25) is 17.0 Å².